The summed E-state index contributed by atoms with van der Waals surface area (Å²) in [6.07, 6.45) is -0.214. The Morgan fingerprint density at radius 3 is 2.64 bits per heavy atom. The normalized spacial score (nSPS) is 12.9. The van der Waals surface area contributed by atoms with Gasteiger partial charge in [0.15, 0.2) is 0 Å². The Bertz CT molecular complexity index is 164. The van der Waals surface area contributed by atoms with Crippen molar-refractivity contribution < 1.29 is 15.0 Å². The molecule has 0 rings (SSSR count). The van der Waals surface area contributed by atoms with E-state index in [1.807, 2.05) is 13.8 Å². The van der Waals surface area contributed by atoms with Crippen molar-refractivity contribution in [2.75, 3.05) is 18.1 Å². The lowest BCUT2D eigenvalue weighted by Crippen LogP contribution is -2.30. The molecule has 0 aromatic carbocycles. The van der Waals surface area contributed by atoms with Crippen LogP contribution in [0.25, 0.3) is 0 Å². The van der Waals surface area contributed by atoms with Crippen molar-refractivity contribution in [3.8, 4) is 0 Å². The van der Waals surface area contributed by atoms with Crippen LogP contribution in [0.2, 0.25) is 0 Å². The van der Waals surface area contributed by atoms with Crippen LogP contribution in [-0.2, 0) is 4.79 Å². The largest absolute Gasteiger partial charge is 0.394 e. The average Bonchev–Trinajstić information content (AvgIpc) is 2.10. The Hall–Kier alpha value is -0.260. The molecule has 0 aliphatic rings. The fourth-order valence-electron chi connectivity index (χ4n) is 0.831. The molecule has 0 heterocycles. The van der Waals surface area contributed by atoms with E-state index in [-0.39, 0.29) is 18.6 Å². The number of rotatable bonds is 7. The molecule has 1 atom stereocenters. The van der Waals surface area contributed by atoms with E-state index in [9.17, 15) is 4.79 Å². The monoisotopic (exact) mass is 221 g/mol. The summed E-state index contributed by atoms with van der Waals surface area (Å²) in [5.41, 5.74) is 0. The second-order valence-corrected chi connectivity index (χ2v) is 4.53. The number of thioether (sulfide) groups is 1. The van der Waals surface area contributed by atoms with E-state index in [1.54, 1.807) is 0 Å². The van der Waals surface area contributed by atoms with Crippen molar-refractivity contribution in [3.05, 3.63) is 0 Å². The van der Waals surface area contributed by atoms with Gasteiger partial charge in [-0.25, -0.2) is 0 Å². The fourth-order valence-corrected chi connectivity index (χ4v) is 1.70. The van der Waals surface area contributed by atoms with Crippen molar-refractivity contribution in [1.82, 2.24) is 5.32 Å². The van der Waals surface area contributed by atoms with Gasteiger partial charge in [-0.2, -0.15) is 11.8 Å². The van der Waals surface area contributed by atoms with Gasteiger partial charge in [0, 0.05) is 24.0 Å². The van der Waals surface area contributed by atoms with Gasteiger partial charge < -0.3 is 15.5 Å². The average molecular weight is 221 g/mol. The van der Waals surface area contributed by atoms with E-state index in [2.05, 4.69) is 5.32 Å². The predicted octanol–water partition coefficient (Wildman–Crippen LogP) is -0.0125. The molecule has 1 amide bonds. The first-order valence-electron chi connectivity index (χ1n) is 4.72. The number of amides is 1. The Morgan fingerprint density at radius 1 is 1.50 bits per heavy atom. The Balaban J connectivity index is 3.31. The lowest BCUT2D eigenvalue weighted by molar-refractivity contribution is -0.121. The van der Waals surface area contributed by atoms with Gasteiger partial charge in [-0.05, 0) is 13.8 Å². The molecule has 0 radical (unpaired) electrons. The summed E-state index contributed by atoms with van der Waals surface area (Å²) < 4.78 is 0. The molecular weight excluding hydrogens is 202 g/mol. The van der Waals surface area contributed by atoms with Crippen molar-refractivity contribution >= 4 is 17.7 Å². The van der Waals surface area contributed by atoms with E-state index in [1.165, 1.54) is 11.8 Å². The first-order chi connectivity index (χ1) is 6.56. The standard InChI is InChI=1S/C9H19NO3S/c1-7(2)10-9(13)3-4-14-6-8(12)5-11/h7-8,11-12H,3-6H2,1-2H3,(H,10,13). The van der Waals surface area contributed by atoms with Gasteiger partial charge in [-0.3, -0.25) is 4.79 Å². The van der Waals surface area contributed by atoms with Crippen LogP contribution in [0.3, 0.4) is 0 Å². The fraction of sp³-hybridized carbons (Fsp3) is 0.889. The summed E-state index contributed by atoms with van der Waals surface area (Å²) in [7, 11) is 0. The number of carbonyl (C=O) groups is 1. The topological polar surface area (TPSA) is 69.6 Å². The molecule has 0 saturated heterocycles. The van der Waals surface area contributed by atoms with Crippen LogP contribution in [0.1, 0.15) is 20.3 Å². The number of nitrogens with one attached hydrogen (secondary N) is 1. The summed E-state index contributed by atoms with van der Waals surface area (Å²) in [5.74, 6) is 1.19. The van der Waals surface area contributed by atoms with E-state index in [0.29, 0.717) is 17.9 Å². The maximum Gasteiger partial charge on any atom is 0.221 e. The summed E-state index contributed by atoms with van der Waals surface area (Å²) in [4.78, 5) is 11.1. The Kier molecular flexibility index (Phi) is 7.93. The van der Waals surface area contributed by atoms with Crippen LogP contribution in [0.15, 0.2) is 0 Å². The molecule has 0 saturated carbocycles. The number of carbonyl (C=O) groups excluding carboxylic acids is 1. The quantitative estimate of drug-likeness (QED) is 0.529. The second kappa shape index (κ2) is 8.08. The minimum atomic E-state index is -0.673. The van der Waals surface area contributed by atoms with E-state index >= 15 is 0 Å². The van der Waals surface area contributed by atoms with Crippen molar-refractivity contribution in [1.29, 1.82) is 0 Å². The molecule has 84 valence electrons. The third-order valence-electron chi connectivity index (χ3n) is 1.44. The highest BCUT2D eigenvalue weighted by atomic mass is 32.2. The maximum atomic E-state index is 11.1. The highest BCUT2D eigenvalue weighted by Crippen LogP contribution is 2.04. The third-order valence-corrected chi connectivity index (χ3v) is 2.56. The van der Waals surface area contributed by atoms with Gasteiger partial charge in [0.2, 0.25) is 5.91 Å². The molecule has 1 unspecified atom stereocenters. The van der Waals surface area contributed by atoms with Crippen LogP contribution in [0, 0.1) is 0 Å². The lowest BCUT2D eigenvalue weighted by atomic mass is 10.3. The van der Waals surface area contributed by atoms with E-state index in [4.69, 9.17) is 10.2 Å². The molecule has 14 heavy (non-hydrogen) atoms. The van der Waals surface area contributed by atoms with Crippen molar-refractivity contribution in [2.24, 2.45) is 0 Å². The molecule has 0 bridgehead atoms. The van der Waals surface area contributed by atoms with Gasteiger partial charge in [-0.15, -0.1) is 0 Å². The molecule has 5 heteroatoms. The molecule has 3 N–H and O–H groups in total. The molecule has 0 fully saturated rings. The summed E-state index contributed by atoms with van der Waals surface area (Å²) in [5, 5.41) is 20.3. The molecule has 0 aromatic rings. The van der Waals surface area contributed by atoms with Crippen LogP contribution in [0.5, 0.6) is 0 Å². The summed E-state index contributed by atoms with van der Waals surface area (Å²) in [6, 6.07) is 0.176. The number of hydrogen-bond acceptors (Lipinski definition) is 4. The minimum Gasteiger partial charge on any atom is -0.394 e. The lowest BCUT2D eigenvalue weighted by Gasteiger charge is -2.08. The third kappa shape index (κ3) is 8.34. The van der Waals surface area contributed by atoms with Gasteiger partial charge in [0.05, 0.1) is 12.7 Å². The highest BCUT2D eigenvalue weighted by Gasteiger charge is 2.05. The summed E-state index contributed by atoms with van der Waals surface area (Å²) in [6.45, 7) is 3.62. The highest BCUT2D eigenvalue weighted by molar-refractivity contribution is 7.99. The van der Waals surface area contributed by atoms with Gasteiger partial charge >= 0.3 is 0 Å². The Morgan fingerprint density at radius 2 is 2.14 bits per heavy atom. The van der Waals surface area contributed by atoms with Crippen molar-refractivity contribution in [2.45, 2.75) is 32.4 Å². The first-order valence-corrected chi connectivity index (χ1v) is 5.87. The van der Waals surface area contributed by atoms with Crippen LogP contribution < -0.4 is 5.32 Å². The molecule has 0 aliphatic carbocycles. The van der Waals surface area contributed by atoms with Crippen LogP contribution >= 0.6 is 11.8 Å². The zero-order chi connectivity index (χ0) is 11.0. The van der Waals surface area contributed by atoms with Gasteiger partial charge in [0.1, 0.15) is 0 Å². The molecular formula is C9H19NO3S. The predicted molar refractivity (Wildman–Crippen MR) is 58.3 cm³/mol. The Labute approximate surface area is 89.1 Å². The molecule has 0 aliphatic heterocycles. The zero-order valence-corrected chi connectivity index (χ0v) is 9.51. The molecule has 0 aromatic heterocycles. The first kappa shape index (κ1) is 13.7. The molecule has 0 spiro atoms. The number of hydrogen-bond donors (Lipinski definition) is 3. The van der Waals surface area contributed by atoms with E-state index in [0.717, 1.165) is 0 Å². The van der Waals surface area contributed by atoms with Gasteiger partial charge in [-0.1, -0.05) is 0 Å². The van der Waals surface area contributed by atoms with Gasteiger partial charge in [0.25, 0.3) is 0 Å². The van der Waals surface area contributed by atoms with Crippen molar-refractivity contribution in [3.63, 3.8) is 0 Å². The SMILES string of the molecule is CC(C)NC(=O)CCSCC(O)CO. The second-order valence-electron chi connectivity index (χ2n) is 3.38. The minimum absolute atomic E-state index is 0.0333. The van der Waals surface area contributed by atoms with Crippen LogP contribution in [-0.4, -0.2) is 46.4 Å². The smallest absolute Gasteiger partial charge is 0.221 e. The molecule has 4 nitrogen and oxygen atoms in total. The van der Waals surface area contributed by atoms with Crippen LogP contribution in [0.4, 0.5) is 0 Å². The maximum absolute atomic E-state index is 11.1. The van der Waals surface area contributed by atoms with E-state index < -0.39 is 6.10 Å². The number of aliphatic hydroxyl groups excluding tert-OH is 2. The summed E-state index contributed by atoms with van der Waals surface area (Å²) >= 11 is 1.47. The zero-order valence-electron chi connectivity index (χ0n) is 8.69. The number of aliphatic hydroxyl groups is 2.